The van der Waals surface area contributed by atoms with Gasteiger partial charge in [0.2, 0.25) is 0 Å². The highest BCUT2D eigenvalue weighted by Gasteiger charge is 1.87. The number of allylic oxidation sites excluding steroid dienone is 1. The first-order chi connectivity index (χ1) is 6.18. The maximum atomic E-state index is 3.22. The number of nitrogens with one attached hydrogen (secondary N) is 1. The normalized spacial score (nSPS) is 11.1. The summed E-state index contributed by atoms with van der Waals surface area (Å²) in [5, 5.41) is 3.22. The van der Waals surface area contributed by atoms with E-state index < -0.39 is 0 Å². The lowest BCUT2D eigenvalue weighted by Gasteiger charge is -2.01. The van der Waals surface area contributed by atoms with Crippen LogP contribution in [0.25, 0.3) is 0 Å². The van der Waals surface area contributed by atoms with Gasteiger partial charge in [0.1, 0.15) is 0 Å². The highest BCUT2D eigenvalue weighted by atomic mass is 14.8. The van der Waals surface area contributed by atoms with Crippen LogP contribution in [0.3, 0.4) is 0 Å². The van der Waals surface area contributed by atoms with Gasteiger partial charge in [-0.1, -0.05) is 37.6 Å². The monoisotopic (exact) mass is 175 g/mol. The summed E-state index contributed by atoms with van der Waals surface area (Å²) >= 11 is 0. The average Bonchev–Trinajstić information content (AvgIpc) is 2.08. The fraction of sp³-hybridized carbons (Fsp3) is 0.333. The van der Waals surface area contributed by atoms with Crippen molar-refractivity contribution in [3.8, 4) is 0 Å². The Balaban J connectivity index is 2.50. The molecule has 1 aromatic rings. The van der Waals surface area contributed by atoms with E-state index in [1.165, 1.54) is 5.56 Å². The summed E-state index contributed by atoms with van der Waals surface area (Å²) in [6, 6.07) is 8.37. The topological polar surface area (TPSA) is 12.0 Å². The molecule has 13 heavy (non-hydrogen) atoms. The number of hydrogen-bond donors (Lipinski definition) is 1. The SMILES string of the molecule is Cc1ccc(N/C=C\C(C)C)cc1. The molecule has 1 N–H and O–H groups in total. The van der Waals surface area contributed by atoms with Gasteiger partial charge in [0, 0.05) is 5.69 Å². The molecule has 0 atom stereocenters. The maximum Gasteiger partial charge on any atom is 0.0379 e. The number of aryl methyl sites for hydroxylation is 1. The van der Waals surface area contributed by atoms with E-state index >= 15 is 0 Å². The smallest absolute Gasteiger partial charge is 0.0379 e. The van der Waals surface area contributed by atoms with Crippen LogP contribution in [-0.4, -0.2) is 0 Å². The van der Waals surface area contributed by atoms with E-state index in [2.05, 4.69) is 56.4 Å². The Labute approximate surface area is 80.5 Å². The fourth-order valence-corrected chi connectivity index (χ4v) is 0.987. The van der Waals surface area contributed by atoms with Gasteiger partial charge in [-0.15, -0.1) is 0 Å². The summed E-state index contributed by atoms with van der Waals surface area (Å²) in [6.07, 6.45) is 4.13. The first kappa shape index (κ1) is 9.85. The molecule has 0 saturated carbocycles. The zero-order chi connectivity index (χ0) is 9.68. The van der Waals surface area contributed by atoms with Crippen LogP contribution >= 0.6 is 0 Å². The molecule has 0 amide bonds. The Morgan fingerprint density at radius 1 is 1.15 bits per heavy atom. The van der Waals surface area contributed by atoms with Crippen LogP contribution in [0.5, 0.6) is 0 Å². The molecule has 0 aliphatic carbocycles. The largest absolute Gasteiger partial charge is 0.362 e. The molecule has 0 spiro atoms. The van der Waals surface area contributed by atoms with E-state index in [1.54, 1.807) is 0 Å². The first-order valence-corrected chi connectivity index (χ1v) is 4.68. The third-order valence-electron chi connectivity index (χ3n) is 1.78. The Morgan fingerprint density at radius 3 is 2.31 bits per heavy atom. The van der Waals surface area contributed by atoms with Crippen LogP contribution in [0.15, 0.2) is 36.5 Å². The van der Waals surface area contributed by atoms with Gasteiger partial charge >= 0.3 is 0 Å². The Bertz CT molecular complexity index is 270. The minimum Gasteiger partial charge on any atom is -0.362 e. The average molecular weight is 175 g/mol. The molecule has 1 heteroatoms. The van der Waals surface area contributed by atoms with Crippen molar-refractivity contribution in [1.29, 1.82) is 0 Å². The van der Waals surface area contributed by atoms with Gasteiger partial charge < -0.3 is 5.32 Å². The minimum atomic E-state index is 0.595. The lowest BCUT2D eigenvalue weighted by Crippen LogP contribution is -1.88. The van der Waals surface area contributed by atoms with Crippen molar-refractivity contribution < 1.29 is 0 Å². The molecule has 1 aromatic carbocycles. The summed E-state index contributed by atoms with van der Waals surface area (Å²) in [5.74, 6) is 0.595. The highest BCUT2D eigenvalue weighted by molar-refractivity contribution is 5.46. The van der Waals surface area contributed by atoms with Gasteiger partial charge in [-0.3, -0.25) is 0 Å². The molecular formula is C12H17N. The summed E-state index contributed by atoms with van der Waals surface area (Å²) in [7, 11) is 0. The highest BCUT2D eigenvalue weighted by Crippen LogP contribution is 2.08. The lowest BCUT2D eigenvalue weighted by atomic mass is 10.2. The van der Waals surface area contributed by atoms with Crippen LogP contribution in [0, 0.1) is 12.8 Å². The molecule has 70 valence electrons. The molecule has 0 radical (unpaired) electrons. The third kappa shape index (κ3) is 3.79. The van der Waals surface area contributed by atoms with Gasteiger partial charge in [-0.05, 0) is 31.2 Å². The van der Waals surface area contributed by atoms with Gasteiger partial charge in [0.15, 0.2) is 0 Å². The fourth-order valence-electron chi connectivity index (χ4n) is 0.987. The van der Waals surface area contributed by atoms with Gasteiger partial charge in [-0.25, -0.2) is 0 Å². The molecule has 0 bridgehead atoms. The molecule has 0 aliphatic heterocycles. The number of anilines is 1. The van der Waals surface area contributed by atoms with Gasteiger partial charge in [-0.2, -0.15) is 0 Å². The van der Waals surface area contributed by atoms with Crippen molar-refractivity contribution in [3.63, 3.8) is 0 Å². The van der Waals surface area contributed by atoms with Crippen molar-refractivity contribution in [2.75, 3.05) is 5.32 Å². The summed E-state index contributed by atoms with van der Waals surface area (Å²) in [4.78, 5) is 0. The minimum absolute atomic E-state index is 0.595. The molecule has 0 unspecified atom stereocenters. The zero-order valence-electron chi connectivity index (χ0n) is 8.54. The van der Waals surface area contributed by atoms with Crippen LogP contribution in [0.1, 0.15) is 19.4 Å². The summed E-state index contributed by atoms with van der Waals surface area (Å²) in [6.45, 7) is 6.41. The molecule has 0 heterocycles. The second-order valence-corrected chi connectivity index (χ2v) is 3.61. The predicted molar refractivity (Wildman–Crippen MR) is 58.8 cm³/mol. The summed E-state index contributed by atoms with van der Waals surface area (Å²) in [5.41, 5.74) is 2.43. The summed E-state index contributed by atoms with van der Waals surface area (Å²) < 4.78 is 0. The van der Waals surface area contributed by atoms with Crippen molar-refractivity contribution in [1.82, 2.24) is 0 Å². The Hall–Kier alpha value is -1.24. The Morgan fingerprint density at radius 2 is 1.77 bits per heavy atom. The van der Waals surface area contributed by atoms with Crippen molar-refractivity contribution >= 4 is 5.69 Å². The standard InChI is InChI=1S/C12H17N/c1-10(2)8-9-13-12-6-4-11(3)5-7-12/h4-10,13H,1-3H3/b9-8-. The second kappa shape index (κ2) is 4.70. The Kier molecular flexibility index (Phi) is 3.56. The van der Waals surface area contributed by atoms with E-state index in [-0.39, 0.29) is 0 Å². The number of rotatable bonds is 3. The van der Waals surface area contributed by atoms with Crippen LogP contribution in [0.2, 0.25) is 0 Å². The maximum absolute atomic E-state index is 3.22. The van der Waals surface area contributed by atoms with E-state index in [0.717, 1.165) is 5.69 Å². The third-order valence-corrected chi connectivity index (χ3v) is 1.78. The van der Waals surface area contributed by atoms with Gasteiger partial charge in [0.25, 0.3) is 0 Å². The van der Waals surface area contributed by atoms with Crippen LogP contribution in [0.4, 0.5) is 5.69 Å². The van der Waals surface area contributed by atoms with Crippen LogP contribution in [-0.2, 0) is 0 Å². The second-order valence-electron chi connectivity index (χ2n) is 3.61. The number of benzene rings is 1. The zero-order valence-corrected chi connectivity index (χ0v) is 8.54. The lowest BCUT2D eigenvalue weighted by molar-refractivity contribution is 0.830. The van der Waals surface area contributed by atoms with Crippen LogP contribution < -0.4 is 5.32 Å². The molecule has 0 aromatic heterocycles. The molecule has 1 rings (SSSR count). The van der Waals surface area contributed by atoms with Crippen molar-refractivity contribution in [2.45, 2.75) is 20.8 Å². The van der Waals surface area contributed by atoms with E-state index in [4.69, 9.17) is 0 Å². The molecule has 0 aliphatic rings. The first-order valence-electron chi connectivity index (χ1n) is 4.68. The van der Waals surface area contributed by atoms with E-state index in [1.807, 2.05) is 6.20 Å². The quantitative estimate of drug-likeness (QED) is 0.740. The molecule has 1 nitrogen and oxygen atoms in total. The molecule has 0 saturated heterocycles. The molecule has 0 fully saturated rings. The van der Waals surface area contributed by atoms with Crippen molar-refractivity contribution in [2.24, 2.45) is 5.92 Å². The van der Waals surface area contributed by atoms with E-state index in [9.17, 15) is 0 Å². The number of hydrogen-bond acceptors (Lipinski definition) is 1. The van der Waals surface area contributed by atoms with Crippen molar-refractivity contribution in [3.05, 3.63) is 42.1 Å². The molecular weight excluding hydrogens is 158 g/mol. The van der Waals surface area contributed by atoms with Gasteiger partial charge in [0.05, 0.1) is 0 Å². The predicted octanol–water partition coefficient (Wildman–Crippen LogP) is 3.58. The van der Waals surface area contributed by atoms with E-state index in [0.29, 0.717) is 5.92 Å².